The molecule has 7 heteroatoms. The van der Waals surface area contributed by atoms with Crippen LogP contribution >= 0.6 is 0 Å². The van der Waals surface area contributed by atoms with Crippen LogP contribution in [0.3, 0.4) is 0 Å². The number of fused-ring (bicyclic) bond motifs is 1. The second-order valence-electron chi connectivity index (χ2n) is 7.80. The summed E-state index contributed by atoms with van der Waals surface area (Å²) in [7, 11) is -3.69. The van der Waals surface area contributed by atoms with Crippen molar-refractivity contribution in [3.05, 3.63) is 59.7 Å². The molecule has 2 aromatic rings. The first-order valence-electron chi connectivity index (χ1n) is 10.0. The smallest absolute Gasteiger partial charge is 0.258 e. The van der Waals surface area contributed by atoms with E-state index in [4.69, 9.17) is 4.74 Å². The van der Waals surface area contributed by atoms with Gasteiger partial charge in [0.15, 0.2) is 0 Å². The van der Waals surface area contributed by atoms with E-state index in [0.29, 0.717) is 25.2 Å². The minimum absolute atomic E-state index is 0.148. The lowest BCUT2D eigenvalue weighted by Crippen LogP contribution is -2.48. The molecule has 0 N–H and O–H groups in total. The van der Waals surface area contributed by atoms with Gasteiger partial charge in [0.25, 0.3) is 5.91 Å². The predicted octanol–water partition coefficient (Wildman–Crippen LogP) is 3.08. The molecule has 0 aromatic heterocycles. The molecule has 0 saturated carbocycles. The van der Waals surface area contributed by atoms with E-state index in [9.17, 15) is 13.2 Å². The highest BCUT2D eigenvalue weighted by Gasteiger charge is 2.33. The zero-order valence-corrected chi connectivity index (χ0v) is 17.6. The Morgan fingerprint density at radius 2 is 1.76 bits per heavy atom. The molecule has 2 atom stereocenters. The minimum atomic E-state index is -3.69. The van der Waals surface area contributed by atoms with Crippen molar-refractivity contribution in [3.8, 4) is 0 Å². The summed E-state index contributed by atoms with van der Waals surface area (Å²) in [5.41, 5.74) is 2.44. The van der Waals surface area contributed by atoms with Gasteiger partial charge in [-0.15, -0.1) is 0 Å². The van der Waals surface area contributed by atoms with Crippen molar-refractivity contribution in [2.75, 3.05) is 24.5 Å². The van der Waals surface area contributed by atoms with E-state index in [1.165, 1.54) is 10.4 Å². The number of nitrogens with zero attached hydrogens (tertiary/aromatic N) is 2. The van der Waals surface area contributed by atoms with Crippen molar-refractivity contribution in [1.29, 1.82) is 0 Å². The maximum Gasteiger partial charge on any atom is 0.258 e. The van der Waals surface area contributed by atoms with E-state index in [1.54, 1.807) is 23.1 Å². The summed E-state index contributed by atoms with van der Waals surface area (Å²) in [6, 6.07) is 14.3. The van der Waals surface area contributed by atoms with Gasteiger partial charge in [0.1, 0.15) is 0 Å². The Kier molecular flexibility index (Phi) is 5.46. The molecule has 0 spiro atoms. The molecule has 0 radical (unpaired) electrons. The molecule has 1 fully saturated rings. The number of para-hydroxylation sites is 1. The van der Waals surface area contributed by atoms with Gasteiger partial charge in [0.2, 0.25) is 10.0 Å². The van der Waals surface area contributed by atoms with Gasteiger partial charge in [-0.3, -0.25) is 4.79 Å². The molecular formula is C22H26N2O4S. The zero-order valence-electron chi connectivity index (χ0n) is 16.7. The van der Waals surface area contributed by atoms with Crippen LogP contribution in [-0.4, -0.2) is 50.5 Å². The third-order valence-electron chi connectivity index (χ3n) is 5.46. The van der Waals surface area contributed by atoms with Crippen molar-refractivity contribution >= 4 is 21.6 Å². The molecule has 6 nitrogen and oxygen atoms in total. The van der Waals surface area contributed by atoms with Crippen LogP contribution in [-0.2, 0) is 21.2 Å². The quantitative estimate of drug-likeness (QED) is 0.774. The van der Waals surface area contributed by atoms with Crippen molar-refractivity contribution < 1.29 is 17.9 Å². The standard InChI is InChI=1S/C22H26N2O4S/c1-16-14-23(15-17(2)28-16)29(26,27)20-10-5-8-19(13-20)22(25)24-12-6-9-18-7-3-4-11-21(18)24/h3-5,7-8,10-11,13,16-17H,6,9,12,14-15H2,1-2H3. The van der Waals surface area contributed by atoms with Crippen LogP contribution < -0.4 is 4.90 Å². The fourth-order valence-electron chi connectivity index (χ4n) is 4.17. The van der Waals surface area contributed by atoms with Crippen LogP contribution in [0.4, 0.5) is 5.69 Å². The first-order chi connectivity index (χ1) is 13.9. The third-order valence-corrected chi connectivity index (χ3v) is 7.29. The number of carbonyl (C=O) groups excluding carboxylic acids is 1. The molecule has 2 heterocycles. The lowest BCUT2D eigenvalue weighted by molar-refractivity contribution is -0.0440. The molecule has 29 heavy (non-hydrogen) atoms. The van der Waals surface area contributed by atoms with Gasteiger partial charge in [0, 0.05) is 30.9 Å². The fraction of sp³-hybridized carbons (Fsp3) is 0.409. The number of ether oxygens (including phenoxy) is 1. The lowest BCUT2D eigenvalue weighted by atomic mass is 10.0. The molecule has 2 aliphatic heterocycles. The molecule has 1 amide bonds. The number of rotatable bonds is 3. The molecule has 4 rings (SSSR count). The largest absolute Gasteiger partial charge is 0.373 e. The number of hydrogen-bond donors (Lipinski definition) is 0. The molecule has 0 aliphatic carbocycles. The Hall–Kier alpha value is -2.22. The molecule has 2 unspecified atom stereocenters. The molecule has 2 aliphatic rings. The summed E-state index contributed by atoms with van der Waals surface area (Å²) in [6.45, 7) is 4.98. The number of aryl methyl sites for hydroxylation is 1. The lowest BCUT2D eigenvalue weighted by Gasteiger charge is -2.34. The van der Waals surface area contributed by atoms with Crippen LogP contribution in [0.1, 0.15) is 36.2 Å². The summed E-state index contributed by atoms with van der Waals surface area (Å²) in [5.74, 6) is -0.169. The average Bonchev–Trinajstić information content (AvgIpc) is 2.72. The molecule has 1 saturated heterocycles. The first kappa shape index (κ1) is 20.1. The van der Waals surface area contributed by atoms with Gasteiger partial charge in [-0.05, 0) is 56.5 Å². The highest BCUT2D eigenvalue weighted by atomic mass is 32.2. The Morgan fingerprint density at radius 3 is 2.52 bits per heavy atom. The maximum atomic E-state index is 13.2. The van der Waals surface area contributed by atoms with Crippen molar-refractivity contribution in [2.24, 2.45) is 0 Å². The summed E-state index contributed by atoms with van der Waals surface area (Å²) in [5, 5.41) is 0. The van der Waals surface area contributed by atoms with Crippen LogP contribution in [0.2, 0.25) is 0 Å². The van der Waals surface area contributed by atoms with Crippen molar-refractivity contribution in [2.45, 2.75) is 43.8 Å². The number of benzene rings is 2. The van der Waals surface area contributed by atoms with Crippen LogP contribution in [0.5, 0.6) is 0 Å². The summed E-state index contributed by atoms with van der Waals surface area (Å²) < 4.78 is 33.5. The Morgan fingerprint density at radius 1 is 1.03 bits per heavy atom. The Labute approximate surface area is 172 Å². The van der Waals surface area contributed by atoms with Gasteiger partial charge in [0.05, 0.1) is 17.1 Å². The van der Waals surface area contributed by atoms with Crippen molar-refractivity contribution in [1.82, 2.24) is 4.31 Å². The Bertz CT molecular complexity index is 1010. The van der Waals surface area contributed by atoms with Crippen molar-refractivity contribution in [3.63, 3.8) is 0 Å². The van der Waals surface area contributed by atoms with Gasteiger partial charge in [-0.1, -0.05) is 24.3 Å². The summed E-state index contributed by atoms with van der Waals surface area (Å²) >= 11 is 0. The molecule has 154 valence electrons. The van der Waals surface area contributed by atoms with E-state index in [2.05, 4.69) is 0 Å². The topological polar surface area (TPSA) is 66.9 Å². The number of sulfonamides is 1. The van der Waals surface area contributed by atoms with E-state index < -0.39 is 10.0 Å². The predicted molar refractivity (Wildman–Crippen MR) is 112 cm³/mol. The highest BCUT2D eigenvalue weighted by Crippen LogP contribution is 2.29. The normalized spacial score (nSPS) is 22.9. The highest BCUT2D eigenvalue weighted by molar-refractivity contribution is 7.89. The number of hydrogen-bond acceptors (Lipinski definition) is 4. The van der Waals surface area contributed by atoms with E-state index in [0.717, 1.165) is 24.1 Å². The van der Waals surface area contributed by atoms with Crippen LogP contribution in [0.15, 0.2) is 53.4 Å². The summed E-state index contributed by atoms with van der Waals surface area (Å²) in [4.78, 5) is 15.1. The zero-order chi connectivity index (χ0) is 20.6. The summed E-state index contributed by atoms with van der Waals surface area (Å²) in [6.07, 6.45) is 1.51. The van der Waals surface area contributed by atoms with Gasteiger partial charge in [-0.25, -0.2) is 8.42 Å². The average molecular weight is 415 g/mol. The minimum Gasteiger partial charge on any atom is -0.373 e. The number of carbonyl (C=O) groups is 1. The van der Waals surface area contributed by atoms with E-state index in [-0.39, 0.29) is 23.0 Å². The molecule has 0 bridgehead atoms. The number of anilines is 1. The van der Waals surface area contributed by atoms with Gasteiger partial charge in [-0.2, -0.15) is 4.31 Å². The first-order valence-corrected chi connectivity index (χ1v) is 11.5. The number of amides is 1. The van der Waals surface area contributed by atoms with Crippen LogP contribution in [0.25, 0.3) is 0 Å². The van der Waals surface area contributed by atoms with Gasteiger partial charge >= 0.3 is 0 Å². The van der Waals surface area contributed by atoms with Gasteiger partial charge < -0.3 is 9.64 Å². The second kappa shape index (κ2) is 7.89. The molecular weight excluding hydrogens is 388 g/mol. The monoisotopic (exact) mass is 414 g/mol. The second-order valence-corrected chi connectivity index (χ2v) is 9.73. The Balaban J connectivity index is 1.63. The third kappa shape index (κ3) is 3.95. The van der Waals surface area contributed by atoms with Crippen LogP contribution in [0, 0.1) is 0 Å². The SMILES string of the molecule is CC1CN(S(=O)(=O)c2cccc(C(=O)N3CCCc4ccccc43)c2)CC(C)O1. The number of morpholine rings is 1. The van der Waals surface area contributed by atoms with E-state index in [1.807, 2.05) is 38.1 Å². The van der Waals surface area contributed by atoms with E-state index >= 15 is 0 Å². The fourth-order valence-corrected chi connectivity index (χ4v) is 5.80. The molecule has 2 aromatic carbocycles. The maximum absolute atomic E-state index is 13.2.